The molecule has 0 unspecified atom stereocenters. The molecule has 13 heteroatoms. The van der Waals surface area contributed by atoms with Crippen molar-refractivity contribution in [1.82, 2.24) is 20.1 Å². The highest BCUT2D eigenvalue weighted by atomic mass is 32.2. The van der Waals surface area contributed by atoms with Gasteiger partial charge in [0.05, 0.1) is 24.4 Å². The molecule has 1 atom stereocenters. The molecule has 190 valence electrons. The average Bonchev–Trinajstić information content (AvgIpc) is 3.29. The lowest BCUT2D eigenvalue weighted by Crippen LogP contribution is -2.32. The van der Waals surface area contributed by atoms with Gasteiger partial charge in [-0.05, 0) is 44.2 Å². The molecule has 0 saturated carbocycles. The van der Waals surface area contributed by atoms with Gasteiger partial charge in [-0.3, -0.25) is 19.7 Å². The van der Waals surface area contributed by atoms with Gasteiger partial charge in [0.15, 0.2) is 11.0 Å². The van der Waals surface area contributed by atoms with Gasteiger partial charge in [-0.2, -0.15) is 0 Å². The van der Waals surface area contributed by atoms with Crippen LogP contribution in [0.25, 0.3) is 0 Å². The second-order valence-corrected chi connectivity index (χ2v) is 8.56. The Morgan fingerprint density at radius 2 is 1.94 bits per heavy atom. The van der Waals surface area contributed by atoms with Crippen LogP contribution in [0.1, 0.15) is 34.7 Å². The van der Waals surface area contributed by atoms with Crippen LogP contribution in [-0.4, -0.2) is 56.1 Å². The van der Waals surface area contributed by atoms with Gasteiger partial charge in [0.1, 0.15) is 11.8 Å². The number of carbonyl (C=O) groups excluding carboxylic acids is 2. The van der Waals surface area contributed by atoms with Crippen molar-refractivity contribution in [2.24, 2.45) is 0 Å². The normalized spacial score (nSPS) is 11.6. The van der Waals surface area contributed by atoms with Gasteiger partial charge in [0.2, 0.25) is 5.91 Å². The number of hydrogen-bond donors (Lipinski definition) is 3. The molecule has 0 radical (unpaired) electrons. The fourth-order valence-electron chi connectivity index (χ4n) is 3.35. The van der Waals surface area contributed by atoms with Gasteiger partial charge in [0.25, 0.3) is 11.6 Å². The Balaban J connectivity index is 1.66. The van der Waals surface area contributed by atoms with Gasteiger partial charge in [-0.1, -0.05) is 17.8 Å². The van der Waals surface area contributed by atoms with E-state index >= 15 is 0 Å². The minimum atomic E-state index is -0.816. The van der Waals surface area contributed by atoms with Crippen LogP contribution in [0.2, 0.25) is 0 Å². The number of benzene rings is 2. The van der Waals surface area contributed by atoms with E-state index in [1.165, 1.54) is 13.2 Å². The lowest BCUT2D eigenvalue weighted by atomic mass is 10.2. The predicted molar refractivity (Wildman–Crippen MR) is 133 cm³/mol. The lowest BCUT2D eigenvalue weighted by molar-refractivity contribution is -0.385. The number of nitrogens with zero attached hydrogens (tertiary/aromatic N) is 4. The van der Waals surface area contributed by atoms with Crippen LogP contribution in [0.3, 0.4) is 0 Å². The third-order valence-corrected chi connectivity index (χ3v) is 6.20. The molecule has 0 aliphatic carbocycles. The summed E-state index contributed by atoms with van der Waals surface area (Å²) in [6.07, 6.45) is 0. The molecule has 12 nitrogen and oxygen atoms in total. The maximum atomic E-state index is 12.6. The number of ether oxygens (including phenoxy) is 1. The Morgan fingerprint density at radius 3 is 2.56 bits per heavy atom. The number of carbonyl (C=O) groups is 2. The molecule has 0 spiro atoms. The van der Waals surface area contributed by atoms with Gasteiger partial charge < -0.3 is 25.0 Å². The van der Waals surface area contributed by atoms with Crippen molar-refractivity contribution in [1.29, 1.82) is 0 Å². The number of anilines is 1. The number of amides is 2. The monoisotopic (exact) mass is 514 g/mol. The minimum absolute atomic E-state index is 0.0260. The fraction of sp³-hybridized carbons (Fsp3) is 0.304. The van der Waals surface area contributed by atoms with E-state index in [2.05, 4.69) is 20.8 Å². The second kappa shape index (κ2) is 12.1. The molecular formula is C23H26N6O6S. The van der Waals surface area contributed by atoms with Crippen LogP contribution >= 0.6 is 11.8 Å². The van der Waals surface area contributed by atoms with E-state index in [-0.39, 0.29) is 17.3 Å². The molecular weight excluding hydrogens is 488 g/mol. The SMILES string of the molecule is CCn1c(SCC(=O)Nc2ccc(C)c([N+](=O)[O-])c2)nnc1[C@@H](CO)NC(=O)c1ccc(OC)cc1. The van der Waals surface area contributed by atoms with Gasteiger partial charge >= 0.3 is 0 Å². The van der Waals surface area contributed by atoms with Crippen LogP contribution in [0.15, 0.2) is 47.6 Å². The summed E-state index contributed by atoms with van der Waals surface area (Å²) in [5.74, 6) is 0.156. The molecule has 3 aromatic rings. The molecule has 2 aromatic carbocycles. The van der Waals surface area contributed by atoms with E-state index in [0.29, 0.717) is 40.1 Å². The van der Waals surface area contributed by atoms with Crippen LogP contribution in [-0.2, 0) is 11.3 Å². The van der Waals surface area contributed by atoms with Crippen molar-refractivity contribution < 1.29 is 24.4 Å². The molecule has 3 rings (SSSR count). The Hall–Kier alpha value is -3.97. The molecule has 0 fully saturated rings. The summed E-state index contributed by atoms with van der Waals surface area (Å²) < 4.78 is 6.79. The van der Waals surface area contributed by atoms with E-state index in [1.807, 2.05) is 6.92 Å². The predicted octanol–water partition coefficient (Wildman–Crippen LogP) is 2.72. The first-order valence-electron chi connectivity index (χ1n) is 10.9. The smallest absolute Gasteiger partial charge is 0.274 e. The zero-order valence-corrected chi connectivity index (χ0v) is 20.7. The summed E-state index contributed by atoms with van der Waals surface area (Å²) in [6.45, 7) is 3.50. The zero-order valence-electron chi connectivity index (χ0n) is 19.9. The number of rotatable bonds is 11. The maximum Gasteiger partial charge on any atom is 0.274 e. The summed E-state index contributed by atoms with van der Waals surface area (Å²) in [6, 6.07) is 10.2. The molecule has 0 aliphatic heterocycles. The maximum absolute atomic E-state index is 12.6. The number of methoxy groups -OCH3 is 1. The van der Waals surface area contributed by atoms with E-state index < -0.39 is 23.5 Å². The number of aliphatic hydroxyl groups excluding tert-OH is 1. The molecule has 1 heterocycles. The third kappa shape index (κ3) is 6.37. The highest BCUT2D eigenvalue weighted by Gasteiger charge is 2.23. The molecule has 0 bridgehead atoms. The van der Waals surface area contributed by atoms with Crippen molar-refractivity contribution in [3.8, 4) is 5.75 Å². The molecule has 2 amide bonds. The van der Waals surface area contributed by atoms with Gasteiger partial charge in [-0.15, -0.1) is 10.2 Å². The molecule has 0 aliphatic rings. The number of nitro benzene ring substituents is 1. The first kappa shape index (κ1) is 26.6. The number of aliphatic hydroxyl groups is 1. The molecule has 3 N–H and O–H groups in total. The van der Waals surface area contributed by atoms with E-state index in [9.17, 15) is 24.8 Å². The summed E-state index contributed by atoms with van der Waals surface area (Å²) in [7, 11) is 1.53. The average molecular weight is 515 g/mol. The number of hydrogen-bond acceptors (Lipinski definition) is 9. The number of aryl methyl sites for hydroxylation is 1. The Labute approximate surface area is 211 Å². The summed E-state index contributed by atoms with van der Waals surface area (Å²) in [4.78, 5) is 35.7. The summed E-state index contributed by atoms with van der Waals surface area (Å²) >= 11 is 1.12. The number of nitrogens with one attached hydrogen (secondary N) is 2. The van der Waals surface area contributed by atoms with Crippen molar-refractivity contribution in [3.63, 3.8) is 0 Å². The molecule has 36 heavy (non-hydrogen) atoms. The minimum Gasteiger partial charge on any atom is -0.497 e. The number of nitro groups is 1. The second-order valence-electron chi connectivity index (χ2n) is 7.62. The Bertz CT molecular complexity index is 1250. The van der Waals surface area contributed by atoms with E-state index in [1.54, 1.807) is 47.9 Å². The number of aromatic nitrogens is 3. The van der Waals surface area contributed by atoms with Crippen LogP contribution in [0.5, 0.6) is 5.75 Å². The Kier molecular flexibility index (Phi) is 8.97. The largest absolute Gasteiger partial charge is 0.497 e. The van der Waals surface area contributed by atoms with E-state index in [0.717, 1.165) is 11.8 Å². The van der Waals surface area contributed by atoms with Crippen molar-refractivity contribution >= 4 is 35.0 Å². The Morgan fingerprint density at radius 1 is 1.22 bits per heavy atom. The van der Waals surface area contributed by atoms with Crippen molar-refractivity contribution in [2.45, 2.75) is 31.6 Å². The molecule has 0 saturated heterocycles. The lowest BCUT2D eigenvalue weighted by Gasteiger charge is -2.17. The first-order valence-corrected chi connectivity index (χ1v) is 11.9. The quantitative estimate of drug-likeness (QED) is 0.198. The summed E-state index contributed by atoms with van der Waals surface area (Å²) in [5, 5.41) is 35.1. The fourth-order valence-corrected chi connectivity index (χ4v) is 4.16. The van der Waals surface area contributed by atoms with Crippen molar-refractivity contribution in [3.05, 3.63) is 69.5 Å². The highest BCUT2D eigenvalue weighted by Crippen LogP contribution is 2.24. The number of thioether (sulfide) groups is 1. The van der Waals surface area contributed by atoms with Gasteiger partial charge in [-0.25, -0.2) is 0 Å². The summed E-state index contributed by atoms with van der Waals surface area (Å²) in [5.41, 5.74) is 1.12. The van der Waals surface area contributed by atoms with Gasteiger partial charge in [0, 0.05) is 29.4 Å². The van der Waals surface area contributed by atoms with Crippen LogP contribution < -0.4 is 15.4 Å². The van der Waals surface area contributed by atoms with Crippen LogP contribution in [0.4, 0.5) is 11.4 Å². The zero-order chi connectivity index (χ0) is 26.2. The topological polar surface area (TPSA) is 162 Å². The highest BCUT2D eigenvalue weighted by molar-refractivity contribution is 7.99. The third-order valence-electron chi connectivity index (χ3n) is 5.24. The van der Waals surface area contributed by atoms with Crippen LogP contribution in [0, 0.1) is 17.0 Å². The van der Waals surface area contributed by atoms with E-state index in [4.69, 9.17) is 4.74 Å². The van der Waals surface area contributed by atoms with Crippen molar-refractivity contribution in [2.75, 3.05) is 24.8 Å². The molecule has 1 aromatic heterocycles. The first-order chi connectivity index (χ1) is 17.3. The standard InChI is InChI=1S/C23H26N6O6S/c1-4-28-21(18(12-30)25-22(32)15-6-9-17(35-3)10-7-15)26-27-23(28)36-13-20(31)24-16-8-5-14(2)19(11-16)29(33)34/h5-11,18,30H,4,12-13H2,1-3H3,(H,24,31)(H,25,32)/t18-/m1/s1.